The van der Waals surface area contributed by atoms with Crippen molar-refractivity contribution in [1.29, 1.82) is 0 Å². The summed E-state index contributed by atoms with van der Waals surface area (Å²) < 4.78 is 70.7. The number of hydrogen-bond donors (Lipinski definition) is 0. The summed E-state index contributed by atoms with van der Waals surface area (Å²) in [4.78, 5) is 0.0759. The van der Waals surface area contributed by atoms with Crippen LogP contribution in [0.25, 0.3) is 0 Å². The van der Waals surface area contributed by atoms with E-state index in [4.69, 9.17) is 4.74 Å². The Bertz CT molecular complexity index is 951. The second kappa shape index (κ2) is 6.44. The van der Waals surface area contributed by atoms with Crippen LogP contribution in [0.2, 0.25) is 0 Å². The van der Waals surface area contributed by atoms with Gasteiger partial charge < -0.3 is 4.74 Å². The lowest BCUT2D eigenvalue weighted by molar-refractivity contribution is -0.137. The molecule has 0 saturated carbocycles. The summed E-state index contributed by atoms with van der Waals surface area (Å²) in [5.74, 6) is 0.655. The van der Waals surface area contributed by atoms with Crippen molar-refractivity contribution in [2.75, 3.05) is 11.4 Å². The maximum atomic E-state index is 12.9. The fraction of sp³-hybridized carbons (Fsp3) is 0.368. The fourth-order valence-electron chi connectivity index (χ4n) is 2.95. The highest BCUT2D eigenvalue weighted by atomic mass is 32.2. The average Bonchev–Trinajstić information content (AvgIpc) is 2.59. The highest BCUT2D eigenvalue weighted by Crippen LogP contribution is 2.36. The molecule has 8 heteroatoms. The third-order valence-electron chi connectivity index (χ3n) is 4.63. The number of ether oxygens (including phenoxy) is 1. The largest absolute Gasteiger partial charge is 0.488 e. The van der Waals surface area contributed by atoms with Crippen molar-refractivity contribution in [1.82, 2.24) is 0 Å². The van der Waals surface area contributed by atoms with Gasteiger partial charge in [-0.25, -0.2) is 8.42 Å². The lowest BCUT2D eigenvalue weighted by atomic mass is 9.94. The van der Waals surface area contributed by atoms with Crippen LogP contribution in [-0.4, -0.2) is 21.1 Å². The van der Waals surface area contributed by atoms with E-state index >= 15 is 0 Å². The van der Waals surface area contributed by atoms with Gasteiger partial charge in [0, 0.05) is 7.05 Å². The number of nitrogens with zero attached hydrogens (tertiary/aromatic N) is 1. The van der Waals surface area contributed by atoms with Crippen LogP contribution in [0.15, 0.2) is 47.4 Å². The van der Waals surface area contributed by atoms with E-state index in [0.717, 1.165) is 40.6 Å². The Kier molecular flexibility index (Phi) is 4.66. The van der Waals surface area contributed by atoms with Gasteiger partial charge in [-0.2, -0.15) is 13.2 Å². The molecule has 0 aromatic heterocycles. The molecule has 0 unspecified atom stereocenters. The van der Waals surface area contributed by atoms with E-state index < -0.39 is 21.8 Å². The number of rotatable bonds is 3. The van der Waals surface area contributed by atoms with Crippen molar-refractivity contribution < 1.29 is 26.3 Å². The molecule has 3 rings (SSSR count). The molecule has 146 valence electrons. The van der Waals surface area contributed by atoms with Gasteiger partial charge in [0.15, 0.2) is 0 Å². The third-order valence-corrected chi connectivity index (χ3v) is 6.41. The number of alkyl halides is 3. The first-order chi connectivity index (χ1) is 12.4. The molecule has 1 aliphatic rings. The number of benzene rings is 2. The minimum absolute atomic E-state index is 0.0759. The highest BCUT2D eigenvalue weighted by molar-refractivity contribution is 7.92. The first-order valence-corrected chi connectivity index (χ1v) is 9.82. The van der Waals surface area contributed by atoms with Gasteiger partial charge in [-0.05, 0) is 74.7 Å². The van der Waals surface area contributed by atoms with Crippen molar-refractivity contribution in [3.63, 3.8) is 0 Å². The third kappa shape index (κ3) is 3.90. The quantitative estimate of drug-likeness (QED) is 0.756. The van der Waals surface area contributed by atoms with E-state index in [9.17, 15) is 21.6 Å². The summed E-state index contributed by atoms with van der Waals surface area (Å²) in [6.07, 6.45) is -3.02. The van der Waals surface area contributed by atoms with Gasteiger partial charge in [0.1, 0.15) is 11.4 Å². The van der Waals surface area contributed by atoms with Crippen molar-refractivity contribution in [3.8, 4) is 5.75 Å². The molecule has 0 spiro atoms. The van der Waals surface area contributed by atoms with Gasteiger partial charge in [0.05, 0.1) is 16.1 Å². The molecule has 2 aromatic rings. The summed E-state index contributed by atoms with van der Waals surface area (Å²) in [7, 11) is -2.59. The molecule has 1 heterocycles. The van der Waals surface area contributed by atoms with Crippen LogP contribution in [0.3, 0.4) is 0 Å². The Labute approximate surface area is 156 Å². The first-order valence-electron chi connectivity index (χ1n) is 8.38. The van der Waals surface area contributed by atoms with Gasteiger partial charge in [-0.3, -0.25) is 4.31 Å². The second-order valence-electron chi connectivity index (χ2n) is 7.15. The van der Waals surface area contributed by atoms with Crippen molar-refractivity contribution >= 4 is 15.7 Å². The van der Waals surface area contributed by atoms with E-state index in [1.807, 2.05) is 13.8 Å². The predicted octanol–water partition coefficient (Wildman–Crippen LogP) is 4.63. The van der Waals surface area contributed by atoms with Gasteiger partial charge in [0.25, 0.3) is 10.0 Å². The number of fused-ring (bicyclic) bond motifs is 1. The van der Waals surface area contributed by atoms with Crippen LogP contribution in [-0.2, 0) is 22.6 Å². The molecule has 0 radical (unpaired) electrons. The number of halogens is 3. The lowest BCUT2D eigenvalue weighted by Gasteiger charge is -2.32. The maximum absolute atomic E-state index is 12.9. The summed E-state index contributed by atoms with van der Waals surface area (Å²) in [6.45, 7) is 3.94. The summed E-state index contributed by atoms with van der Waals surface area (Å²) in [6, 6.07) is 8.67. The van der Waals surface area contributed by atoms with Gasteiger partial charge >= 0.3 is 6.18 Å². The van der Waals surface area contributed by atoms with E-state index in [2.05, 4.69) is 0 Å². The number of anilines is 1. The van der Waals surface area contributed by atoms with E-state index in [1.54, 1.807) is 12.1 Å². The standard InChI is InChI=1S/C19H20F3NO3S/c1-18(2)11-10-13-12-16(8-9-17(13)26-18)27(24,25)23(3)15-6-4-14(5-7-15)19(20,21)22/h4-9,12H,10-11H2,1-3H3. The molecule has 0 bridgehead atoms. The molecular weight excluding hydrogens is 379 g/mol. The second-order valence-corrected chi connectivity index (χ2v) is 9.12. The zero-order valence-corrected chi connectivity index (χ0v) is 16.0. The molecular formula is C19H20F3NO3S. The Morgan fingerprint density at radius 3 is 2.30 bits per heavy atom. The Morgan fingerprint density at radius 2 is 1.70 bits per heavy atom. The molecule has 27 heavy (non-hydrogen) atoms. The molecule has 2 aromatic carbocycles. The lowest BCUT2D eigenvalue weighted by Crippen LogP contribution is -2.33. The number of hydrogen-bond acceptors (Lipinski definition) is 3. The molecule has 0 aliphatic carbocycles. The van der Waals surface area contributed by atoms with Gasteiger partial charge in [-0.1, -0.05) is 0 Å². The molecule has 4 nitrogen and oxygen atoms in total. The molecule has 0 fully saturated rings. The normalized spacial score (nSPS) is 16.4. The van der Waals surface area contributed by atoms with Gasteiger partial charge in [-0.15, -0.1) is 0 Å². The van der Waals surface area contributed by atoms with Crippen molar-refractivity contribution in [2.45, 2.75) is 43.4 Å². The minimum atomic E-state index is -4.47. The summed E-state index contributed by atoms with van der Waals surface area (Å²) in [5.41, 5.74) is -0.176. The van der Waals surface area contributed by atoms with Crippen LogP contribution < -0.4 is 9.04 Å². The zero-order chi connectivity index (χ0) is 20.0. The Hall–Kier alpha value is -2.22. The van der Waals surface area contributed by atoms with Crippen LogP contribution in [0.1, 0.15) is 31.4 Å². The van der Waals surface area contributed by atoms with Crippen LogP contribution in [0.4, 0.5) is 18.9 Å². The number of sulfonamides is 1. The number of aryl methyl sites for hydroxylation is 1. The molecule has 0 N–H and O–H groups in total. The smallest absolute Gasteiger partial charge is 0.416 e. The molecule has 1 aliphatic heterocycles. The van der Waals surface area contributed by atoms with E-state index in [0.29, 0.717) is 12.2 Å². The summed E-state index contributed by atoms with van der Waals surface area (Å²) >= 11 is 0. The first kappa shape index (κ1) is 19.5. The highest BCUT2D eigenvalue weighted by Gasteiger charge is 2.31. The zero-order valence-electron chi connectivity index (χ0n) is 15.2. The Balaban J connectivity index is 1.90. The summed E-state index contributed by atoms with van der Waals surface area (Å²) in [5, 5.41) is 0. The molecule has 0 saturated heterocycles. The molecule has 0 atom stereocenters. The van der Waals surface area contributed by atoms with Crippen LogP contribution in [0.5, 0.6) is 5.75 Å². The van der Waals surface area contributed by atoms with Crippen molar-refractivity contribution in [3.05, 3.63) is 53.6 Å². The monoisotopic (exact) mass is 399 g/mol. The predicted molar refractivity (Wildman–Crippen MR) is 96.5 cm³/mol. The minimum Gasteiger partial charge on any atom is -0.488 e. The van der Waals surface area contributed by atoms with E-state index in [1.165, 1.54) is 13.1 Å². The topological polar surface area (TPSA) is 46.6 Å². The van der Waals surface area contributed by atoms with Gasteiger partial charge in [0.2, 0.25) is 0 Å². The molecule has 0 amide bonds. The van der Waals surface area contributed by atoms with E-state index in [-0.39, 0.29) is 16.2 Å². The van der Waals surface area contributed by atoms with Crippen molar-refractivity contribution in [2.24, 2.45) is 0 Å². The average molecular weight is 399 g/mol. The Morgan fingerprint density at radius 1 is 1.07 bits per heavy atom. The maximum Gasteiger partial charge on any atom is 0.416 e. The van der Waals surface area contributed by atoms with Crippen LogP contribution >= 0.6 is 0 Å². The fourth-order valence-corrected chi connectivity index (χ4v) is 4.20. The van der Waals surface area contributed by atoms with Crippen LogP contribution in [0, 0.1) is 0 Å². The SMILES string of the molecule is CN(c1ccc(C(F)(F)F)cc1)S(=O)(=O)c1ccc2c(c1)CCC(C)(C)O2.